The molecule has 0 spiro atoms. The van der Waals surface area contributed by atoms with Gasteiger partial charge >= 0.3 is 0 Å². The summed E-state index contributed by atoms with van der Waals surface area (Å²) < 4.78 is 27.3. The highest BCUT2D eigenvalue weighted by Gasteiger charge is 2.16. The summed E-state index contributed by atoms with van der Waals surface area (Å²) in [6.07, 6.45) is 0. The van der Waals surface area contributed by atoms with Crippen molar-refractivity contribution in [3.63, 3.8) is 0 Å². The Kier molecular flexibility index (Phi) is 4.32. The van der Waals surface area contributed by atoms with Crippen molar-refractivity contribution in [1.82, 2.24) is 5.32 Å². The molecular formula is C15H14BrF2N. The molecule has 0 radical (unpaired) electrons. The summed E-state index contributed by atoms with van der Waals surface area (Å²) in [4.78, 5) is 0. The zero-order valence-electron chi connectivity index (χ0n) is 10.7. The van der Waals surface area contributed by atoms with Gasteiger partial charge in [0.05, 0.1) is 6.04 Å². The molecule has 0 aliphatic rings. The van der Waals surface area contributed by atoms with Crippen molar-refractivity contribution >= 4 is 15.9 Å². The van der Waals surface area contributed by atoms with Gasteiger partial charge in [0.25, 0.3) is 0 Å². The zero-order valence-corrected chi connectivity index (χ0v) is 12.3. The van der Waals surface area contributed by atoms with E-state index >= 15 is 0 Å². The van der Waals surface area contributed by atoms with E-state index in [1.54, 1.807) is 13.1 Å². The molecule has 1 atom stereocenters. The fourth-order valence-electron chi connectivity index (χ4n) is 2.16. The van der Waals surface area contributed by atoms with Crippen LogP contribution in [0.1, 0.15) is 22.7 Å². The molecule has 0 aliphatic carbocycles. The monoisotopic (exact) mass is 325 g/mol. The third-order valence-corrected chi connectivity index (χ3v) is 3.60. The maximum Gasteiger partial charge on any atom is 0.159 e. The van der Waals surface area contributed by atoms with E-state index in [0.717, 1.165) is 21.7 Å². The van der Waals surface area contributed by atoms with Gasteiger partial charge in [-0.1, -0.05) is 28.1 Å². The Morgan fingerprint density at radius 3 is 2.37 bits per heavy atom. The second kappa shape index (κ2) is 5.80. The Balaban J connectivity index is 2.46. The number of hydrogen-bond donors (Lipinski definition) is 1. The van der Waals surface area contributed by atoms with Gasteiger partial charge in [0.2, 0.25) is 0 Å². The van der Waals surface area contributed by atoms with Gasteiger partial charge < -0.3 is 5.32 Å². The van der Waals surface area contributed by atoms with Gasteiger partial charge in [0.15, 0.2) is 11.6 Å². The third-order valence-electron chi connectivity index (χ3n) is 3.11. The second-order valence-corrected chi connectivity index (χ2v) is 5.31. The molecule has 0 amide bonds. The van der Waals surface area contributed by atoms with Crippen molar-refractivity contribution in [3.05, 3.63) is 69.2 Å². The molecule has 2 rings (SSSR count). The van der Waals surface area contributed by atoms with Gasteiger partial charge in [-0.25, -0.2) is 8.78 Å². The predicted molar refractivity (Wildman–Crippen MR) is 76.1 cm³/mol. The lowest BCUT2D eigenvalue weighted by atomic mass is 9.95. The molecule has 0 saturated carbocycles. The van der Waals surface area contributed by atoms with Crippen LogP contribution in [0.5, 0.6) is 0 Å². The number of halogens is 3. The summed E-state index contributed by atoms with van der Waals surface area (Å²) >= 11 is 3.41. The fraction of sp³-hybridized carbons (Fsp3) is 0.200. The summed E-state index contributed by atoms with van der Waals surface area (Å²) in [6.45, 7) is 1.99. The minimum atomic E-state index is -0.828. The normalized spacial score (nSPS) is 12.5. The Bertz CT molecular complexity index is 599. The topological polar surface area (TPSA) is 12.0 Å². The van der Waals surface area contributed by atoms with Crippen LogP contribution >= 0.6 is 15.9 Å². The van der Waals surface area contributed by atoms with Crippen LogP contribution in [-0.2, 0) is 0 Å². The molecule has 2 aromatic rings. The lowest BCUT2D eigenvalue weighted by Gasteiger charge is -2.19. The standard InChI is InChI=1S/C15H14BrF2N/c1-9-7-11(16)4-5-12(9)15(19-2)10-3-6-13(17)14(18)8-10/h3-8,15,19H,1-2H3. The maximum absolute atomic E-state index is 13.3. The fourth-order valence-corrected chi connectivity index (χ4v) is 2.63. The average Bonchev–Trinajstić information content (AvgIpc) is 2.37. The number of hydrogen-bond acceptors (Lipinski definition) is 1. The first kappa shape index (κ1) is 14.2. The van der Waals surface area contributed by atoms with Crippen LogP contribution in [0.4, 0.5) is 8.78 Å². The minimum Gasteiger partial charge on any atom is -0.309 e. The van der Waals surface area contributed by atoms with E-state index in [4.69, 9.17) is 0 Å². The van der Waals surface area contributed by atoms with Crippen molar-refractivity contribution in [3.8, 4) is 0 Å². The zero-order chi connectivity index (χ0) is 14.0. The van der Waals surface area contributed by atoms with Gasteiger partial charge in [0, 0.05) is 4.47 Å². The van der Waals surface area contributed by atoms with Crippen LogP contribution in [0, 0.1) is 18.6 Å². The van der Waals surface area contributed by atoms with Crippen LogP contribution in [0.15, 0.2) is 40.9 Å². The first-order valence-electron chi connectivity index (χ1n) is 5.91. The largest absolute Gasteiger partial charge is 0.309 e. The molecule has 0 bridgehead atoms. The van der Waals surface area contributed by atoms with E-state index in [9.17, 15) is 8.78 Å². The lowest BCUT2D eigenvalue weighted by Crippen LogP contribution is -2.19. The third kappa shape index (κ3) is 3.01. The first-order chi connectivity index (χ1) is 9.02. The van der Waals surface area contributed by atoms with E-state index in [1.165, 1.54) is 6.07 Å². The van der Waals surface area contributed by atoms with E-state index in [0.29, 0.717) is 5.56 Å². The predicted octanol–water partition coefficient (Wildman–Crippen LogP) is 4.34. The number of nitrogens with one attached hydrogen (secondary N) is 1. The summed E-state index contributed by atoms with van der Waals surface area (Å²) in [5.74, 6) is -1.65. The highest BCUT2D eigenvalue weighted by molar-refractivity contribution is 9.10. The summed E-state index contributed by atoms with van der Waals surface area (Å²) in [5.41, 5.74) is 2.82. The molecular weight excluding hydrogens is 312 g/mol. The Morgan fingerprint density at radius 1 is 1.05 bits per heavy atom. The summed E-state index contributed by atoms with van der Waals surface area (Å²) in [7, 11) is 1.80. The second-order valence-electron chi connectivity index (χ2n) is 4.40. The maximum atomic E-state index is 13.3. The molecule has 100 valence electrons. The summed E-state index contributed by atoms with van der Waals surface area (Å²) in [6, 6.07) is 9.74. The molecule has 0 fully saturated rings. The Hall–Kier alpha value is -1.26. The highest BCUT2D eigenvalue weighted by atomic mass is 79.9. The van der Waals surface area contributed by atoms with Gasteiger partial charge in [-0.15, -0.1) is 0 Å². The molecule has 0 aliphatic heterocycles. The smallest absolute Gasteiger partial charge is 0.159 e. The molecule has 4 heteroatoms. The van der Waals surface area contributed by atoms with Crippen LogP contribution in [-0.4, -0.2) is 7.05 Å². The quantitative estimate of drug-likeness (QED) is 0.884. The SMILES string of the molecule is CNC(c1ccc(F)c(F)c1)c1ccc(Br)cc1C. The number of rotatable bonds is 3. The molecule has 1 N–H and O–H groups in total. The molecule has 1 nitrogen and oxygen atoms in total. The van der Waals surface area contributed by atoms with Crippen LogP contribution in [0.25, 0.3) is 0 Å². The van der Waals surface area contributed by atoms with Crippen LogP contribution < -0.4 is 5.32 Å². The van der Waals surface area contributed by atoms with Crippen molar-refractivity contribution in [2.24, 2.45) is 0 Å². The Morgan fingerprint density at radius 2 is 1.79 bits per heavy atom. The molecule has 0 aromatic heterocycles. The van der Waals surface area contributed by atoms with Gasteiger partial charge in [0.1, 0.15) is 0 Å². The van der Waals surface area contributed by atoms with Crippen LogP contribution in [0.2, 0.25) is 0 Å². The number of benzene rings is 2. The van der Waals surface area contributed by atoms with E-state index < -0.39 is 11.6 Å². The molecule has 1 unspecified atom stereocenters. The lowest BCUT2D eigenvalue weighted by molar-refractivity contribution is 0.505. The Labute approximate surface area is 119 Å². The van der Waals surface area contributed by atoms with E-state index in [2.05, 4.69) is 21.2 Å². The molecule has 0 saturated heterocycles. The van der Waals surface area contributed by atoms with Crippen molar-refractivity contribution in [2.75, 3.05) is 7.05 Å². The number of aryl methyl sites for hydroxylation is 1. The first-order valence-corrected chi connectivity index (χ1v) is 6.70. The van der Waals surface area contributed by atoms with Crippen molar-refractivity contribution in [2.45, 2.75) is 13.0 Å². The van der Waals surface area contributed by atoms with Crippen LogP contribution in [0.3, 0.4) is 0 Å². The van der Waals surface area contributed by atoms with Gasteiger partial charge in [-0.2, -0.15) is 0 Å². The summed E-state index contributed by atoms with van der Waals surface area (Å²) in [5, 5.41) is 3.14. The minimum absolute atomic E-state index is 0.164. The molecule has 0 heterocycles. The average molecular weight is 326 g/mol. The van der Waals surface area contributed by atoms with Gasteiger partial charge in [-0.05, 0) is 54.9 Å². The highest BCUT2D eigenvalue weighted by Crippen LogP contribution is 2.27. The van der Waals surface area contributed by atoms with Crippen molar-refractivity contribution in [1.29, 1.82) is 0 Å². The van der Waals surface area contributed by atoms with E-state index in [-0.39, 0.29) is 6.04 Å². The van der Waals surface area contributed by atoms with Crippen molar-refractivity contribution < 1.29 is 8.78 Å². The van der Waals surface area contributed by atoms with Gasteiger partial charge in [-0.3, -0.25) is 0 Å². The van der Waals surface area contributed by atoms with E-state index in [1.807, 2.05) is 25.1 Å². The molecule has 19 heavy (non-hydrogen) atoms. The molecule has 2 aromatic carbocycles.